The second kappa shape index (κ2) is 10.7. The van der Waals surface area contributed by atoms with Crippen molar-refractivity contribution in [3.63, 3.8) is 0 Å². The summed E-state index contributed by atoms with van der Waals surface area (Å²) in [7, 11) is 0. The van der Waals surface area contributed by atoms with Crippen LogP contribution in [0, 0.1) is 0 Å². The molecule has 2 aromatic rings. The first-order chi connectivity index (χ1) is 16.4. The van der Waals surface area contributed by atoms with E-state index in [0.717, 1.165) is 0 Å². The van der Waals surface area contributed by atoms with Gasteiger partial charge < -0.3 is 24.9 Å². The summed E-state index contributed by atoms with van der Waals surface area (Å²) in [6.07, 6.45) is 1.30. The zero-order valence-electron chi connectivity index (χ0n) is 18.5. The molecule has 2 aliphatic rings. The van der Waals surface area contributed by atoms with Gasteiger partial charge in [-0.1, -0.05) is 17.7 Å². The number of hydrogen-bond acceptors (Lipinski definition) is 6. The van der Waals surface area contributed by atoms with Gasteiger partial charge in [-0.2, -0.15) is 0 Å². The number of anilines is 1. The van der Waals surface area contributed by atoms with Gasteiger partial charge >= 0.3 is 0 Å². The first-order valence-corrected chi connectivity index (χ1v) is 11.5. The number of furan rings is 1. The fourth-order valence-corrected chi connectivity index (χ4v) is 4.31. The number of hydrogen-bond donors (Lipinski definition) is 2. The minimum atomic E-state index is -0.887. The summed E-state index contributed by atoms with van der Waals surface area (Å²) in [5.74, 6) is -0.833. The van der Waals surface area contributed by atoms with Crippen LogP contribution in [0.25, 0.3) is 0 Å². The molecule has 0 unspecified atom stereocenters. The summed E-state index contributed by atoms with van der Waals surface area (Å²) < 4.78 is 5.17. The minimum absolute atomic E-state index is 0.114. The molecule has 2 fully saturated rings. The van der Waals surface area contributed by atoms with Crippen LogP contribution < -0.4 is 10.6 Å². The molecule has 3 heterocycles. The first-order valence-electron chi connectivity index (χ1n) is 11.1. The van der Waals surface area contributed by atoms with E-state index in [-0.39, 0.29) is 36.6 Å². The van der Waals surface area contributed by atoms with E-state index >= 15 is 0 Å². The van der Waals surface area contributed by atoms with Crippen molar-refractivity contribution in [2.24, 2.45) is 0 Å². The standard InChI is InChI=1S/C23H26ClN5O5/c24-16-3-1-4-17(13-16)26-20(30)14-18-22(32)25-6-7-29(18)21(31)15-27-8-10-28(11-9-27)23(33)19-5-2-12-34-19/h1-5,12-13,18H,6-11,14-15H2,(H,25,32)(H,26,30)/t18-/m1/s1. The number of halogens is 1. The van der Waals surface area contributed by atoms with Crippen molar-refractivity contribution in [3.05, 3.63) is 53.4 Å². The monoisotopic (exact) mass is 487 g/mol. The summed E-state index contributed by atoms with van der Waals surface area (Å²) in [6.45, 7) is 2.77. The number of carbonyl (C=O) groups excluding carboxylic acids is 4. The largest absolute Gasteiger partial charge is 0.459 e. The lowest BCUT2D eigenvalue weighted by atomic mass is 10.1. The highest BCUT2D eigenvalue weighted by Crippen LogP contribution is 2.17. The number of piperazine rings is 2. The van der Waals surface area contributed by atoms with E-state index in [1.165, 1.54) is 11.2 Å². The van der Waals surface area contributed by atoms with Crippen LogP contribution in [0.5, 0.6) is 0 Å². The fourth-order valence-electron chi connectivity index (χ4n) is 4.12. The Morgan fingerprint density at radius 1 is 1.09 bits per heavy atom. The minimum Gasteiger partial charge on any atom is -0.459 e. The van der Waals surface area contributed by atoms with E-state index in [4.69, 9.17) is 16.0 Å². The number of benzene rings is 1. The molecule has 1 aromatic heterocycles. The van der Waals surface area contributed by atoms with Crippen molar-refractivity contribution in [3.8, 4) is 0 Å². The highest BCUT2D eigenvalue weighted by atomic mass is 35.5. The van der Waals surface area contributed by atoms with Gasteiger partial charge in [0.15, 0.2) is 5.76 Å². The lowest BCUT2D eigenvalue weighted by molar-refractivity contribution is -0.145. The fraction of sp³-hybridized carbons (Fsp3) is 0.391. The average molecular weight is 488 g/mol. The number of nitrogens with zero attached hydrogens (tertiary/aromatic N) is 3. The van der Waals surface area contributed by atoms with Gasteiger partial charge in [0.2, 0.25) is 17.7 Å². The smallest absolute Gasteiger partial charge is 0.289 e. The molecular formula is C23H26ClN5O5. The van der Waals surface area contributed by atoms with Crippen molar-refractivity contribution >= 4 is 40.9 Å². The molecule has 2 saturated heterocycles. The van der Waals surface area contributed by atoms with Gasteiger partial charge in [0.1, 0.15) is 6.04 Å². The molecule has 11 heteroatoms. The predicted octanol–water partition coefficient (Wildman–Crippen LogP) is 1.05. The number of nitrogens with one attached hydrogen (secondary N) is 2. The van der Waals surface area contributed by atoms with Crippen LogP contribution in [-0.4, -0.2) is 90.2 Å². The van der Waals surface area contributed by atoms with Crippen LogP contribution >= 0.6 is 11.6 Å². The van der Waals surface area contributed by atoms with Crippen LogP contribution in [0.1, 0.15) is 17.0 Å². The van der Waals surface area contributed by atoms with Gasteiger partial charge in [-0.3, -0.25) is 24.1 Å². The van der Waals surface area contributed by atoms with Crippen LogP contribution in [0.2, 0.25) is 5.02 Å². The Morgan fingerprint density at radius 3 is 2.59 bits per heavy atom. The van der Waals surface area contributed by atoms with Crippen molar-refractivity contribution in [2.75, 3.05) is 51.1 Å². The topological polar surface area (TPSA) is 115 Å². The summed E-state index contributed by atoms with van der Waals surface area (Å²) in [5.41, 5.74) is 0.522. The highest BCUT2D eigenvalue weighted by molar-refractivity contribution is 6.30. The molecular weight excluding hydrogens is 462 g/mol. The molecule has 0 radical (unpaired) electrons. The maximum Gasteiger partial charge on any atom is 0.289 e. The van der Waals surface area contributed by atoms with Gasteiger partial charge in [0, 0.05) is 50.0 Å². The first kappa shape index (κ1) is 23.8. The molecule has 0 saturated carbocycles. The van der Waals surface area contributed by atoms with Crippen molar-refractivity contribution in [1.82, 2.24) is 20.0 Å². The van der Waals surface area contributed by atoms with Crippen molar-refractivity contribution in [2.45, 2.75) is 12.5 Å². The Balaban J connectivity index is 1.31. The lowest BCUT2D eigenvalue weighted by Crippen LogP contribution is -2.60. The third-order valence-electron chi connectivity index (χ3n) is 5.89. The van der Waals surface area contributed by atoms with Gasteiger partial charge in [-0.25, -0.2) is 0 Å². The SMILES string of the molecule is O=C(C[C@@H]1C(=O)NCCN1C(=O)CN1CCN(C(=O)c2ccco2)CC1)Nc1cccc(Cl)c1. The molecule has 2 aliphatic heterocycles. The number of carbonyl (C=O) groups is 4. The van der Waals surface area contributed by atoms with Gasteiger partial charge in [0.25, 0.3) is 5.91 Å². The Kier molecular flexibility index (Phi) is 7.49. The third kappa shape index (κ3) is 5.75. The van der Waals surface area contributed by atoms with E-state index in [2.05, 4.69) is 10.6 Å². The van der Waals surface area contributed by atoms with Gasteiger partial charge in [-0.15, -0.1) is 0 Å². The zero-order chi connectivity index (χ0) is 24.1. The normalized spacial score (nSPS) is 19.0. The second-order valence-corrected chi connectivity index (χ2v) is 8.64. The van der Waals surface area contributed by atoms with E-state index in [0.29, 0.717) is 55.7 Å². The maximum atomic E-state index is 13.1. The van der Waals surface area contributed by atoms with Crippen LogP contribution in [-0.2, 0) is 14.4 Å². The Labute approximate surface area is 201 Å². The molecule has 34 heavy (non-hydrogen) atoms. The molecule has 4 rings (SSSR count). The highest BCUT2D eigenvalue weighted by Gasteiger charge is 2.35. The molecule has 0 spiro atoms. The molecule has 180 valence electrons. The third-order valence-corrected chi connectivity index (χ3v) is 6.12. The molecule has 10 nitrogen and oxygen atoms in total. The molecule has 2 N–H and O–H groups in total. The van der Waals surface area contributed by atoms with E-state index in [1.54, 1.807) is 41.3 Å². The Hall–Kier alpha value is -3.37. The van der Waals surface area contributed by atoms with E-state index in [9.17, 15) is 19.2 Å². The van der Waals surface area contributed by atoms with Gasteiger partial charge in [-0.05, 0) is 30.3 Å². The van der Waals surface area contributed by atoms with Crippen molar-refractivity contribution in [1.29, 1.82) is 0 Å². The zero-order valence-corrected chi connectivity index (χ0v) is 19.3. The maximum absolute atomic E-state index is 13.1. The summed E-state index contributed by atoms with van der Waals surface area (Å²) in [4.78, 5) is 55.7. The van der Waals surface area contributed by atoms with E-state index in [1.807, 2.05) is 4.90 Å². The molecule has 0 aliphatic carbocycles. The summed E-state index contributed by atoms with van der Waals surface area (Å²) >= 11 is 5.95. The molecule has 1 aromatic carbocycles. The predicted molar refractivity (Wildman–Crippen MR) is 124 cm³/mol. The Bertz CT molecular complexity index is 1050. The van der Waals surface area contributed by atoms with Crippen LogP contribution in [0.3, 0.4) is 0 Å². The van der Waals surface area contributed by atoms with Crippen LogP contribution in [0.4, 0.5) is 5.69 Å². The average Bonchev–Trinajstić information content (AvgIpc) is 3.35. The number of amides is 4. The molecule has 1 atom stereocenters. The Morgan fingerprint density at radius 2 is 1.88 bits per heavy atom. The van der Waals surface area contributed by atoms with Crippen molar-refractivity contribution < 1.29 is 23.6 Å². The lowest BCUT2D eigenvalue weighted by Gasteiger charge is -2.38. The van der Waals surface area contributed by atoms with E-state index < -0.39 is 6.04 Å². The summed E-state index contributed by atoms with van der Waals surface area (Å²) in [5, 5.41) is 5.93. The van der Waals surface area contributed by atoms with Crippen LogP contribution in [0.15, 0.2) is 47.1 Å². The quantitative estimate of drug-likeness (QED) is 0.629. The number of rotatable bonds is 6. The second-order valence-electron chi connectivity index (χ2n) is 8.20. The molecule has 0 bridgehead atoms. The molecule has 4 amide bonds. The van der Waals surface area contributed by atoms with Gasteiger partial charge in [0.05, 0.1) is 19.2 Å². The summed E-state index contributed by atoms with van der Waals surface area (Å²) in [6, 6.07) is 9.12.